The maximum Gasteiger partial charge on any atom is 0.410 e. The fourth-order valence-electron chi connectivity index (χ4n) is 3.32. The molecule has 18 heavy (non-hydrogen) atoms. The van der Waals surface area contributed by atoms with Crippen LogP contribution < -0.4 is 0 Å². The van der Waals surface area contributed by atoms with Crippen LogP contribution in [-0.4, -0.2) is 34.4 Å². The number of hydrogen-bond acceptors (Lipinski definition) is 3. The number of rotatable bonds is 1. The Bertz CT molecular complexity index is 313. The van der Waals surface area contributed by atoms with Crippen molar-refractivity contribution in [2.75, 3.05) is 5.75 Å². The molecule has 0 aromatic heterocycles. The number of likely N-dealkylation sites (tertiary alicyclic amines) is 1. The van der Waals surface area contributed by atoms with Crippen LogP contribution in [0.4, 0.5) is 4.79 Å². The predicted molar refractivity (Wildman–Crippen MR) is 76.1 cm³/mol. The van der Waals surface area contributed by atoms with E-state index in [2.05, 4.69) is 12.6 Å². The van der Waals surface area contributed by atoms with Crippen molar-refractivity contribution in [3.63, 3.8) is 0 Å². The van der Waals surface area contributed by atoms with Crippen molar-refractivity contribution in [3.8, 4) is 0 Å². The average molecular weight is 271 g/mol. The minimum Gasteiger partial charge on any atom is -0.444 e. The molecule has 0 aromatic carbocycles. The highest BCUT2D eigenvalue weighted by molar-refractivity contribution is 7.80. The topological polar surface area (TPSA) is 29.5 Å². The molecule has 1 heterocycles. The summed E-state index contributed by atoms with van der Waals surface area (Å²) in [5.74, 6) is 1.41. The van der Waals surface area contributed by atoms with Gasteiger partial charge in [-0.2, -0.15) is 12.6 Å². The van der Waals surface area contributed by atoms with Crippen LogP contribution in [-0.2, 0) is 4.74 Å². The largest absolute Gasteiger partial charge is 0.444 e. The van der Waals surface area contributed by atoms with Gasteiger partial charge in [-0.05, 0) is 46.0 Å². The number of nitrogens with zero attached hydrogens (tertiary/aromatic N) is 1. The smallest absolute Gasteiger partial charge is 0.410 e. The van der Waals surface area contributed by atoms with Crippen LogP contribution in [0.2, 0.25) is 0 Å². The quantitative estimate of drug-likeness (QED) is 0.740. The molecule has 1 saturated carbocycles. The molecule has 2 rings (SSSR count). The predicted octanol–water partition coefficient (Wildman–Crippen LogP) is 3.48. The standard InChI is InChI=1S/C14H25NO2S/c1-14(2,3)17-13(16)15-11(9-18)8-10-6-4-5-7-12(10)15/h10-12,18H,4-9H2,1-3H3/t10-,11-,12-/m0/s1. The Morgan fingerprint density at radius 2 is 2.00 bits per heavy atom. The van der Waals surface area contributed by atoms with E-state index in [-0.39, 0.29) is 12.1 Å². The van der Waals surface area contributed by atoms with Gasteiger partial charge in [-0.1, -0.05) is 12.8 Å². The van der Waals surface area contributed by atoms with Crippen LogP contribution in [0.25, 0.3) is 0 Å². The Labute approximate surface area is 116 Å². The highest BCUT2D eigenvalue weighted by Crippen LogP contribution is 2.40. The van der Waals surface area contributed by atoms with E-state index in [4.69, 9.17) is 4.74 Å². The van der Waals surface area contributed by atoms with Gasteiger partial charge in [0.15, 0.2) is 0 Å². The number of amides is 1. The maximum atomic E-state index is 12.4. The fourth-order valence-corrected chi connectivity index (χ4v) is 3.65. The fraction of sp³-hybridized carbons (Fsp3) is 0.929. The third-order valence-electron chi connectivity index (χ3n) is 4.01. The van der Waals surface area contributed by atoms with Gasteiger partial charge in [0.2, 0.25) is 0 Å². The van der Waals surface area contributed by atoms with Gasteiger partial charge in [-0.3, -0.25) is 0 Å². The Kier molecular flexibility index (Phi) is 4.15. The van der Waals surface area contributed by atoms with E-state index >= 15 is 0 Å². The zero-order valence-corrected chi connectivity index (χ0v) is 12.6. The van der Waals surface area contributed by atoms with Crippen LogP contribution in [0.5, 0.6) is 0 Å². The van der Waals surface area contributed by atoms with Gasteiger partial charge in [0, 0.05) is 17.8 Å². The second-order valence-electron chi connectivity index (χ2n) is 6.57. The monoisotopic (exact) mass is 271 g/mol. The summed E-state index contributed by atoms with van der Waals surface area (Å²) in [6.07, 6.45) is 5.90. The van der Waals surface area contributed by atoms with Crippen molar-refractivity contribution >= 4 is 18.7 Å². The molecule has 2 aliphatic rings. The highest BCUT2D eigenvalue weighted by atomic mass is 32.1. The van der Waals surface area contributed by atoms with Gasteiger partial charge in [0.1, 0.15) is 5.60 Å². The summed E-state index contributed by atoms with van der Waals surface area (Å²) in [6, 6.07) is 0.655. The molecular formula is C14H25NO2S. The van der Waals surface area contributed by atoms with Crippen molar-refractivity contribution in [2.24, 2.45) is 5.92 Å². The molecule has 3 nitrogen and oxygen atoms in total. The molecule has 0 unspecified atom stereocenters. The molecule has 0 aromatic rings. The van der Waals surface area contributed by atoms with E-state index in [9.17, 15) is 4.79 Å². The van der Waals surface area contributed by atoms with E-state index in [0.29, 0.717) is 12.0 Å². The summed E-state index contributed by atoms with van der Waals surface area (Å²) in [6.45, 7) is 5.78. The number of fused-ring (bicyclic) bond motifs is 1. The van der Waals surface area contributed by atoms with E-state index < -0.39 is 5.60 Å². The molecule has 1 aliphatic heterocycles. The summed E-state index contributed by atoms with van der Waals surface area (Å²) < 4.78 is 5.56. The van der Waals surface area contributed by atoms with E-state index in [1.165, 1.54) is 19.3 Å². The second-order valence-corrected chi connectivity index (χ2v) is 6.94. The van der Waals surface area contributed by atoms with E-state index in [1.807, 2.05) is 25.7 Å². The molecule has 1 amide bonds. The van der Waals surface area contributed by atoms with E-state index in [1.54, 1.807) is 0 Å². The van der Waals surface area contributed by atoms with Crippen molar-refractivity contribution in [3.05, 3.63) is 0 Å². The summed E-state index contributed by atoms with van der Waals surface area (Å²) in [4.78, 5) is 14.3. The molecule has 1 aliphatic carbocycles. The summed E-state index contributed by atoms with van der Waals surface area (Å²) in [5.41, 5.74) is -0.412. The first-order chi connectivity index (χ1) is 8.42. The molecule has 3 atom stereocenters. The van der Waals surface area contributed by atoms with Crippen molar-refractivity contribution < 1.29 is 9.53 Å². The van der Waals surface area contributed by atoms with Crippen LogP contribution in [0.1, 0.15) is 52.9 Å². The maximum absolute atomic E-state index is 12.4. The lowest BCUT2D eigenvalue weighted by molar-refractivity contribution is 0.0122. The zero-order valence-electron chi connectivity index (χ0n) is 11.7. The highest BCUT2D eigenvalue weighted by Gasteiger charge is 2.45. The van der Waals surface area contributed by atoms with Gasteiger partial charge in [-0.15, -0.1) is 0 Å². The Morgan fingerprint density at radius 1 is 1.33 bits per heavy atom. The Morgan fingerprint density at radius 3 is 2.61 bits per heavy atom. The number of carbonyl (C=O) groups is 1. The van der Waals surface area contributed by atoms with Crippen LogP contribution in [0.3, 0.4) is 0 Å². The lowest BCUT2D eigenvalue weighted by Gasteiger charge is -2.35. The Hall–Kier alpha value is -0.380. The minimum atomic E-state index is -0.412. The molecule has 0 radical (unpaired) electrons. The average Bonchev–Trinajstić information content (AvgIpc) is 2.64. The molecular weight excluding hydrogens is 246 g/mol. The first-order valence-electron chi connectivity index (χ1n) is 7.04. The number of carbonyl (C=O) groups excluding carboxylic acids is 1. The number of hydrogen-bond donors (Lipinski definition) is 1. The van der Waals surface area contributed by atoms with Crippen molar-refractivity contribution in [1.29, 1.82) is 0 Å². The van der Waals surface area contributed by atoms with Gasteiger partial charge in [0.25, 0.3) is 0 Å². The van der Waals surface area contributed by atoms with Gasteiger partial charge in [0.05, 0.1) is 0 Å². The first-order valence-corrected chi connectivity index (χ1v) is 7.68. The molecule has 0 spiro atoms. The molecule has 2 fully saturated rings. The summed E-state index contributed by atoms with van der Waals surface area (Å²) >= 11 is 4.41. The lowest BCUT2D eigenvalue weighted by atomic mass is 9.85. The molecule has 4 heteroatoms. The minimum absolute atomic E-state index is 0.143. The van der Waals surface area contributed by atoms with Gasteiger partial charge < -0.3 is 9.64 Å². The first kappa shape index (κ1) is 14.0. The summed E-state index contributed by atoms with van der Waals surface area (Å²) in [5, 5.41) is 0. The van der Waals surface area contributed by atoms with Crippen LogP contribution >= 0.6 is 12.6 Å². The molecule has 104 valence electrons. The van der Waals surface area contributed by atoms with E-state index in [0.717, 1.165) is 18.6 Å². The third kappa shape index (κ3) is 2.95. The molecule has 0 bridgehead atoms. The normalized spacial score (nSPS) is 32.2. The van der Waals surface area contributed by atoms with Crippen molar-refractivity contribution in [1.82, 2.24) is 4.90 Å². The van der Waals surface area contributed by atoms with Gasteiger partial charge in [-0.25, -0.2) is 4.79 Å². The molecule has 0 N–H and O–H groups in total. The summed E-state index contributed by atoms with van der Waals surface area (Å²) in [7, 11) is 0. The Balaban J connectivity index is 2.10. The molecule has 1 saturated heterocycles. The second kappa shape index (κ2) is 5.32. The SMILES string of the molecule is CC(C)(C)OC(=O)N1[C@H](CS)C[C@@H]2CCCC[C@@H]21. The zero-order chi connectivity index (χ0) is 13.3. The number of ether oxygens (including phenoxy) is 1. The number of thiol groups is 1. The van der Waals surface area contributed by atoms with Crippen LogP contribution in [0, 0.1) is 5.92 Å². The van der Waals surface area contributed by atoms with Crippen molar-refractivity contribution in [2.45, 2.75) is 70.6 Å². The van der Waals surface area contributed by atoms with Crippen LogP contribution in [0.15, 0.2) is 0 Å². The van der Waals surface area contributed by atoms with Gasteiger partial charge >= 0.3 is 6.09 Å². The lowest BCUT2D eigenvalue weighted by Crippen LogP contribution is -2.46. The third-order valence-corrected chi connectivity index (χ3v) is 4.43.